The number of rotatable bonds is 6. The van der Waals surface area contributed by atoms with Crippen LogP contribution in [0.15, 0.2) is 30.3 Å². The molecule has 0 radical (unpaired) electrons. The van der Waals surface area contributed by atoms with E-state index in [1.54, 1.807) is 13.8 Å². The van der Waals surface area contributed by atoms with E-state index in [0.717, 1.165) is 5.56 Å². The van der Waals surface area contributed by atoms with Gasteiger partial charge in [0.1, 0.15) is 5.41 Å². The van der Waals surface area contributed by atoms with Crippen LogP contribution in [-0.2, 0) is 19.4 Å². The minimum Gasteiger partial charge on any atom is -0.349 e. The van der Waals surface area contributed by atoms with Crippen LogP contribution in [0.2, 0.25) is 0 Å². The predicted molar refractivity (Wildman–Crippen MR) is 101 cm³/mol. The lowest BCUT2D eigenvalue weighted by atomic mass is 9.89. The van der Waals surface area contributed by atoms with Crippen molar-refractivity contribution in [1.29, 1.82) is 0 Å². The number of hydrogen-bond acceptors (Lipinski definition) is 4. The van der Waals surface area contributed by atoms with Crippen LogP contribution in [0.5, 0.6) is 0 Å². The first kappa shape index (κ1) is 20.4. The summed E-state index contributed by atoms with van der Waals surface area (Å²) in [5.74, 6) is -0.623. The molecule has 144 valence electrons. The first-order valence-corrected chi connectivity index (χ1v) is 10.8. The SMILES string of the molecule is CCN(C(=O)C(C)(C)C(=O)NC(C)c1ccccc1)C1CCS(=O)(=O)C1. The fourth-order valence-electron chi connectivity index (χ4n) is 3.25. The van der Waals surface area contributed by atoms with Gasteiger partial charge in [-0.1, -0.05) is 30.3 Å². The van der Waals surface area contributed by atoms with Gasteiger partial charge in [0.25, 0.3) is 0 Å². The third-order valence-electron chi connectivity index (χ3n) is 5.00. The molecule has 1 heterocycles. The molecular formula is C19H28N2O4S. The zero-order chi connectivity index (χ0) is 19.5. The molecule has 0 spiro atoms. The normalized spacial score (nSPS) is 20.4. The van der Waals surface area contributed by atoms with Crippen molar-refractivity contribution in [3.8, 4) is 0 Å². The minimum atomic E-state index is -3.10. The number of hydrogen-bond donors (Lipinski definition) is 1. The van der Waals surface area contributed by atoms with Crippen LogP contribution in [0.1, 0.15) is 45.7 Å². The zero-order valence-electron chi connectivity index (χ0n) is 15.9. The van der Waals surface area contributed by atoms with Gasteiger partial charge in [-0.3, -0.25) is 9.59 Å². The first-order valence-electron chi connectivity index (χ1n) is 8.96. The summed E-state index contributed by atoms with van der Waals surface area (Å²) in [6.07, 6.45) is 0.431. The molecule has 0 bridgehead atoms. The molecular weight excluding hydrogens is 352 g/mol. The molecule has 0 saturated carbocycles. The van der Waals surface area contributed by atoms with E-state index in [4.69, 9.17) is 0 Å². The van der Waals surface area contributed by atoms with Gasteiger partial charge in [-0.05, 0) is 39.7 Å². The molecule has 0 aromatic heterocycles. The molecule has 1 fully saturated rings. The van der Waals surface area contributed by atoms with E-state index in [1.165, 1.54) is 4.90 Å². The van der Waals surface area contributed by atoms with E-state index in [0.29, 0.717) is 13.0 Å². The molecule has 2 unspecified atom stereocenters. The number of carbonyl (C=O) groups is 2. The highest BCUT2D eigenvalue weighted by atomic mass is 32.2. The third-order valence-corrected chi connectivity index (χ3v) is 6.75. The van der Waals surface area contributed by atoms with Gasteiger partial charge in [0, 0.05) is 12.6 Å². The summed E-state index contributed by atoms with van der Waals surface area (Å²) in [6.45, 7) is 7.24. The zero-order valence-corrected chi connectivity index (χ0v) is 16.7. The average Bonchev–Trinajstić information content (AvgIpc) is 2.95. The van der Waals surface area contributed by atoms with Gasteiger partial charge in [-0.25, -0.2) is 8.42 Å². The molecule has 1 aliphatic heterocycles. The quantitative estimate of drug-likeness (QED) is 0.765. The first-order chi connectivity index (χ1) is 12.1. The van der Waals surface area contributed by atoms with E-state index in [2.05, 4.69) is 5.32 Å². The van der Waals surface area contributed by atoms with Crippen molar-refractivity contribution in [2.24, 2.45) is 5.41 Å². The molecule has 1 aromatic carbocycles. The highest BCUT2D eigenvalue weighted by Crippen LogP contribution is 2.26. The maximum Gasteiger partial charge on any atom is 0.237 e. The maximum atomic E-state index is 13.0. The van der Waals surface area contributed by atoms with E-state index in [1.807, 2.05) is 44.2 Å². The van der Waals surface area contributed by atoms with Crippen molar-refractivity contribution in [3.05, 3.63) is 35.9 Å². The lowest BCUT2D eigenvalue weighted by Gasteiger charge is -2.34. The smallest absolute Gasteiger partial charge is 0.237 e. The van der Waals surface area contributed by atoms with Crippen LogP contribution < -0.4 is 5.32 Å². The molecule has 2 rings (SSSR count). The summed E-state index contributed by atoms with van der Waals surface area (Å²) in [6, 6.07) is 8.96. The van der Waals surface area contributed by atoms with Crippen LogP contribution in [0.25, 0.3) is 0 Å². The summed E-state index contributed by atoms with van der Waals surface area (Å²) in [4.78, 5) is 27.3. The van der Waals surface area contributed by atoms with Gasteiger partial charge in [0.05, 0.1) is 17.5 Å². The third kappa shape index (κ3) is 4.44. The Morgan fingerprint density at radius 1 is 1.27 bits per heavy atom. The molecule has 26 heavy (non-hydrogen) atoms. The van der Waals surface area contributed by atoms with Crippen molar-refractivity contribution in [2.75, 3.05) is 18.1 Å². The second kappa shape index (κ2) is 7.78. The Hall–Kier alpha value is -1.89. The van der Waals surface area contributed by atoms with Crippen molar-refractivity contribution < 1.29 is 18.0 Å². The topological polar surface area (TPSA) is 83.6 Å². The van der Waals surface area contributed by atoms with E-state index in [9.17, 15) is 18.0 Å². The van der Waals surface area contributed by atoms with Gasteiger partial charge in [0.15, 0.2) is 9.84 Å². The lowest BCUT2D eigenvalue weighted by Crippen LogP contribution is -2.53. The summed E-state index contributed by atoms with van der Waals surface area (Å²) in [5.41, 5.74) is -0.316. The Labute approximate surface area is 155 Å². The number of nitrogens with one attached hydrogen (secondary N) is 1. The van der Waals surface area contributed by atoms with E-state index >= 15 is 0 Å². The van der Waals surface area contributed by atoms with Crippen molar-refractivity contribution in [3.63, 3.8) is 0 Å². The summed E-state index contributed by atoms with van der Waals surface area (Å²) < 4.78 is 23.5. The fourth-order valence-corrected chi connectivity index (χ4v) is 4.98. The van der Waals surface area contributed by atoms with Gasteiger partial charge in [-0.15, -0.1) is 0 Å². The Balaban J connectivity index is 2.11. The minimum absolute atomic E-state index is 0.0231. The standard InChI is InChI=1S/C19H28N2O4S/c1-5-21(16-11-12-26(24,25)13-16)18(23)19(3,4)17(22)20-14(2)15-9-7-6-8-10-15/h6-10,14,16H,5,11-13H2,1-4H3,(H,20,22). The second-order valence-electron chi connectivity index (χ2n) is 7.38. The molecule has 1 aliphatic rings. The molecule has 1 N–H and O–H groups in total. The van der Waals surface area contributed by atoms with E-state index < -0.39 is 15.3 Å². The summed E-state index contributed by atoms with van der Waals surface area (Å²) in [5, 5.41) is 2.90. The van der Waals surface area contributed by atoms with E-state index in [-0.39, 0.29) is 35.4 Å². The van der Waals surface area contributed by atoms with Gasteiger partial charge in [0.2, 0.25) is 11.8 Å². The van der Waals surface area contributed by atoms with Crippen LogP contribution in [0, 0.1) is 5.41 Å². The maximum absolute atomic E-state index is 13.0. The number of sulfone groups is 1. The predicted octanol–water partition coefficient (Wildman–Crippen LogP) is 1.93. The van der Waals surface area contributed by atoms with Crippen LogP contribution in [-0.4, -0.2) is 49.2 Å². The average molecular weight is 381 g/mol. The van der Waals surface area contributed by atoms with Crippen molar-refractivity contribution >= 4 is 21.7 Å². The Bertz CT molecular complexity index is 759. The Morgan fingerprint density at radius 3 is 2.38 bits per heavy atom. The summed E-state index contributed by atoms with van der Waals surface area (Å²) >= 11 is 0. The monoisotopic (exact) mass is 380 g/mol. The summed E-state index contributed by atoms with van der Waals surface area (Å²) in [7, 11) is -3.10. The lowest BCUT2D eigenvalue weighted by molar-refractivity contribution is -0.150. The number of amides is 2. The molecule has 0 aliphatic carbocycles. The van der Waals surface area contributed by atoms with Gasteiger partial charge in [-0.2, -0.15) is 0 Å². The van der Waals surface area contributed by atoms with Crippen molar-refractivity contribution in [2.45, 2.75) is 46.2 Å². The largest absolute Gasteiger partial charge is 0.349 e. The Morgan fingerprint density at radius 2 is 1.88 bits per heavy atom. The van der Waals surface area contributed by atoms with Crippen molar-refractivity contribution in [1.82, 2.24) is 10.2 Å². The second-order valence-corrected chi connectivity index (χ2v) is 9.61. The molecule has 1 aromatic rings. The van der Waals surface area contributed by atoms with Gasteiger partial charge < -0.3 is 10.2 Å². The van der Waals surface area contributed by atoms with Crippen LogP contribution in [0.4, 0.5) is 0 Å². The molecule has 2 amide bonds. The number of nitrogens with zero attached hydrogens (tertiary/aromatic N) is 1. The Kier molecular flexibility index (Phi) is 6.11. The highest BCUT2D eigenvalue weighted by molar-refractivity contribution is 7.91. The molecule has 6 nitrogen and oxygen atoms in total. The fraction of sp³-hybridized carbons (Fsp3) is 0.579. The molecule has 7 heteroatoms. The number of carbonyl (C=O) groups excluding carboxylic acids is 2. The van der Waals surface area contributed by atoms with Gasteiger partial charge >= 0.3 is 0 Å². The molecule has 2 atom stereocenters. The number of benzene rings is 1. The highest BCUT2D eigenvalue weighted by Gasteiger charge is 2.43. The molecule has 1 saturated heterocycles. The van der Waals surface area contributed by atoms with Crippen LogP contribution in [0.3, 0.4) is 0 Å². The van der Waals surface area contributed by atoms with Crippen LogP contribution >= 0.6 is 0 Å².